The summed E-state index contributed by atoms with van der Waals surface area (Å²) in [5.74, 6) is -3.57. The van der Waals surface area contributed by atoms with Gasteiger partial charge in [-0.3, -0.25) is 9.59 Å². The monoisotopic (exact) mass is 480 g/mol. The van der Waals surface area contributed by atoms with Crippen molar-refractivity contribution in [3.8, 4) is 0 Å². The maximum atomic E-state index is 13.2. The summed E-state index contributed by atoms with van der Waals surface area (Å²) in [4.78, 5) is 49.4. The van der Waals surface area contributed by atoms with Gasteiger partial charge >= 0.3 is 23.9 Å². The zero-order chi connectivity index (χ0) is 25.6. The van der Waals surface area contributed by atoms with Crippen LogP contribution in [0.5, 0.6) is 0 Å². The molecular weight excluding hydrogens is 448 g/mol. The molecule has 3 rings (SSSR count). The first-order valence-electron chi connectivity index (χ1n) is 11.3. The van der Waals surface area contributed by atoms with Crippen LogP contribution in [0, 0.1) is 5.92 Å². The predicted molar refractivity (Wildman–Crippen MR) is 116 cm³/mol. The van der Waals surface area contributed by atoms with E-state index in [2.05, 4.69) is 0 Å². The molecule has 0 aromatic heterocycles. The Morgan fingerprint density at radius 2 is 1.76 bits per heavy atom. The van der Waals surface area contributed by atoms with Crippen LogP contribution in [-0.2, 0) is 38.1 Å². The molecule has 0 bridgehead atoms. The molecule has 2 aliphatic carbocycles. The topological polar surface area (TPSA) is 146 Å². The van der Waals surface area contributed by atoms with Crippen LogP contribution in [-0.4, -0.2) is 69.7 Å². The summed E-state index contributed by atoms with van der Waals surface area (Å²) in [5.41, 5.74) is -5.24. The van der Waals surface area contributed by atoms with Gasteiger partial charge in [-0.1, -0.05) is 13.0 Å². The molecule has 1 aliphatic heterocycles. The van der Waals surface area contributed by atoms with Gasteiger partial charge in [0.25, 0.3) is 0 Å². The van der Waals surface area contributed by atoms with Crippen LogP contribution in [0.2, 0.25) is 0 Å². The zero-order valence-electron chi connectivity index (χ0n) is 20.3. The Kier molecular flexibility index (Phi) is 6.71. The molecule has 1 heterocycles. The molecule has 6 unspecified atom stereocenters. The summed E-state index contributed by atoms with van der Waals surface area (Å²) in [6.07, 6.45) is -0.798. The van der Waals surface area contributed by atoms with Gasteiger partial charge in [-0.15, -0.1) is 0 Å². The first-order chi connectivity index (χ1) is 15.7. The molecular formula is C24H32O10. The van der Waals surface area contributed by atoms with Gasteiger partial charge in [0.1, 0.15) is 23.9 Å². The highest BCUT2D eigenvalue weighted by atomic mass is 16.6. The van der Waals surface area contributed by atoms with Crippen molar-refractivity contribution < 1.29 is 48.3 Å². The minimum absolute atomic E-state index is 0.0190. The summed E-state index contributed by atoms with van der Waals surface area (Å²) < 4.78 is 22.2. The van der Waals surface area contributed by atoms with E-state index in [9.17, 15) is 29.4 Å². The van der Waals surface area contributed by atoms with E-state index in [4.69, 9.17) is 18.9 Å². The standard InChI is InChI=1S/C24H32O10/c1-7-12(2)19(27)33-17-10-13(3)23(30)9-8-22(6,29)21(32-15(5)26)24(23)18(17)16(20(28)34-24)11-31-14(4)25/h7,13,17,21,29-30H,8-11H2,1-6H3. The van der Waals surface area contributed by atoms with Crippen LogP contribution in [0.4, 0.5) is 0 Å². The normalized spacial score (nSPS) is 37.4. The second-order valence-electron chi connectivity index (χ2n) is 9.57. The van der Waals surface area contributed by atoms with Gasteiger partial charge in [-0.25, -0.2) is 9.59 Å². The van der Waals surface area contributed by atoms with Gasteiger partial charge in [0.2, 0.25) is 5.60 Å². The first kappa shape index (κ1) is 25.9. The molecule has 0 saturated heterocycles. The number of allylic oxidation sites excluding steroid dienone is 1. The van der Waals surface area contributed by atoms with E-state index >= 15 is 0 Å². The lowest BCUT2D eigenvalue weighted by Crippen LogP contribution is -2.77. The predicted octanol–water partition coefficient (Wildman–Crippen LogP) is 1.27. The third-order valence-electron chi connectivity index (χ3n) is 7.23. The number of hydrogen-bond acceptors (Lipinski definition) is 10. The highest BCUT2D eigenvalue weighted by molar-refractivity contribution is 5.95. The highest BCUT2D eigenvalue weighted by Crippen LogP contribution is 2.61. The van der Waals surface area contributed by atoms with Gasteiger partial charge in [-0.05, 0) is 46.0 Å². The zero-order valence-corrected chi connectivity index (χ0v) is 20.3. The fourth-order valence-corrected chi connectivity index (χ4v) is 5.35. The molecule has 2 N–H and O–H groups in total. The Morgan fingerprint density at radius 1 is 1.12 bits per heavy atom. The Bertz CT molecular complexity index is 976. The first-order valence-corrected chi connectivity index (χ1v) is 11.3. The lowest BCUT2D eigenvalue weighted by atomic mass is 9.52. The molecule has 34 heavy (non-hydrogen) atoms. The van der Waals surface area contributed by atoms with Gasteiger partial charge in [-0.2, -0.15) is 0 Å². The van der Waals surface area contributed by atoms with Crippen molar-refractivity contribution in [2.24, 2.45) is 5.92 Å². The van der Waals surface area contributed by atoms with E-state index in [0.717, 1.165) is 6.92 Å². The molecule has 10 nitrogen and oxygen atoms in total. The molecule has 3 aliphatic rings. The SMILES string of the molecule is CC=C(C)C(=O)OC1CC(C)C2(O)CCC(C)(O)C(OC(C)=O)C23OC(=O)C(COC(C)=O)=C13. The van der Waals surface area contributed by atoms with E-state index in [1.54, 1.807) is 26.8 Å². The van der Waals surface area contributed by atoms with Crippen LogP contribution >= 0.6 is 0 Å². The molecule has 2 saturated carbocycles. The molecule has 0 aromatic carbocycles. The largest absolute Gasteiger partial charge is 0.461 e. The number of ether oxygens (including phenoxy) is 4. The summed E-state index contributed by atoms with van der Waals surface area (Å²) in [7, 11) is 0. The summed E-state index contributed by atoms with van der Waals surface area (Å²) >= 11 is 0. The Labute approximate surface area is 197 Å². The van der Waals surface area contributed by atoms with Gasteiger partial charge in [0.15, 0.2) is 6.10 Å². The minimum atomic E-state index is -2.04. The Morgan fingerprint density at radius 3 is 2.32 bits per heavy atom. The second-order valence-corrected chi connectivity index (χ2v) is 9.57. The highest BCUT2D eigenvalue weighted by Gasteiger charge is 2.76. The number of aliphatic hydroxyl groups is 2. The van der Waals surface area contributed by atoms with Crippen LogP contribution in [0.3, 0.4) is 0 Å². The number of rotatable bonds is 5. The number of carbonyl (C=O) groups excluding carboxylic acids is 4. The van der Waals surface area contributed by atoms with E-state index in [1.807, 2.05) is 0 Å². The maximum absolute atomic E-state index is 13.2. The third-order valence-corrected chi connectivity index (χ3v) is 7.23. The Balaban J connectivity index is 2.28. The van der Waals surface area contributed by atoms with Crippen LogP contribution < -0.4 is 0 Å². The van der Waals surface area contributed by atoms with E-state index in [-0.39, 0.29) is 30.4 Å². The molecule has 0 aromatic rings. The van der Waals surface area contributed by atoms with Crippen molar-refractivity contribution >= 4 is 23.9 Å². The van der Waals surface area contributed by atoms with Crippen molar-refractivity contribution in [2.75, 3.05) is 6.61 Å². The third kappa shape index (κ3) is 3.92. The molecule has 0 radical (unpaired) electrons. The molecule has 0 amide bonds. The summed E-state index contributed by atoms with van der Waals surface area (Å²) in [5, 5.41) is 23.2. The van der Waals surface area contributed by atoms with Crippen LogP contribution in [0.15, 0.2) is 22.8 Å². The van der Waals surface area contributed by atoms with Crippen molar-refractivity contribution in [3.05, 3.63) is 22.8 Å². The summed E-state index contributed by atoms with van der Waals surface area (Å²) in [6.45, 7) is 8.18. The number of carbonyl (C=O) groups is 4. The Hall–Kier alpha value is -2.72. The second kappa shape index (κ2) is 8.81. The minimum Gasteiger partial charge on any atom is -0.461 e. The van der Waals surface area contributed by atoms with Crippen molar-refractivity contribution in [2.45, 2.75) is 89.8 Å². The number of hydrogen-bond donors (Lipinski definition) is 2. The summed E-state index contributed by atoms with van der Waals surface area (Å²) in [6, 6.07) is 0. The average molecular weight is 481 g/mol. The fraction of sp³-hybridized carbons (Fsp3) is 0.667. The maximum Gasteiger partial charge on any atom is 0.338 e. The van der Waals surface area contributed by atoms with Gasteiger partial charge in [0.05, 0.1) is 5.57 Å². The van der Waals surface area contributed by atoms with E-state index < -0.39 is 65.4 Å². The molecule has 1 spiro atoms. The quantitative estimate of drug-likeness (QED) is 0.335. The fourth-order valence-electron chi connectivity index (χ4n) is 5.35. The van der Waals surface area contributed by atoms with Crippen LogP contribution in [0.1, 0.15) is 60.8 Å². The molecule has 2 fully saturated rings. The van der Waals surface area contributed by atoms with Crippen molar-refractivity contribution in [3.63, 3.8) is 0 Å². The lowest BCUT2D eigenvalue weighted by Gasteiger charge is -2.61. The van der Waals surface area contributed by atoms with E-state index in [1.165, 1.54) is 13.8 Å². The average Bonchev–Trinajstić information content (AvgIpc) is 3.04. The van der Waals surface area contributed by atoms with Crippen molar-refractivity contribution in [1.29, 1.82) is 0 Å². The van der Waals surface area contributed by atoms with Crippen LogP contribution in [0.25, 0.3) is 0 Å². The molecule has 6 atom stereocenters. The molecule has 188 valence electrons. The van der Waals surface area contributed by atoms with Crippen molar-refractivity contribution in [1.82, 2.24) is 0 Å². The smallest absolute Gasteiger partial charge is 0.338 e. The lowest BCUT2D eigenvalue weighted by molar-refractivity contribution is -0.291. The molecule has 10 heteroatoms. The van der Waals surface area contributed by atoms with E-state index in [0.29, 0.717) is 5.57 Å². The number of esters is 4. The van der Waals surface area contributed by atoms with Gasteiger partial charge < -0.3 is 29.2 Å². The van der Waals surface area contributed by atoms with Gasteiger partial charge in [0, 0.05) is 25.0 Å².